The van der Waals surface area contributed by atoms with E-state index < -0.39 is 6.09 Å². The van der Waals surface area contributed by atoms with Crippen LogP contribution in [0.1, 0.15) is 19.8 Å². The van der Waals surface area contributed by atoms with E-state index in [4.69, 9.17) is 26.3 Å². The molecule has 38 heavy (non-hydrogen) atoms. The molecule has 0 amide bonds. The van der Waals surface area contributed by atoms with Crippen molar-refractivity contribution in [3.05, 3.63) is 66.9 Å². The summed E-state index contributed by atoms with van der Waals surface area (Å²) in [6.07, 6.45) is 2.60. The Balaban J connectivity index is 1.56. The SMILES string of the molecule is CCCCNc1cccc(-c2nc(Nc3ccc4c(cnn4C(=O)O)c3)c3cc(OCCCl)ccc3n2)c1. The number of rotatable bonds is 10. The fourth-order valence-electron chi connectivity index (χ4n) is 4.16. The largest absolute Gasteiger partial charge is 0.492 e. The van der Waals surface area contributed by atoms with Gasteiger partial charge < -0.3 is 20.5 Å². The summed E-state index contributed by atoms with van der Waals surface area (Å²) < 4.78 is 6.68. The highest BCUT2D eigenvalue weighted by atomic mass is 35.5. The van der Waals surface area contributed by atoms with Crippen LogP contribution in [-0.4, -0.2) is 50.0 Å². The number of anilines is 3. The first-order valence-corrected chi connectivity index (χ1v) is 12.9. The third-order valence-corrected chi connectivity index (χ3v) is 6.16. The molecular weight excluding hydrogens is 504 g/mol. The topological polar surface area (TPSA) is 114 Å². The van der Waals surface area contributed by atoms with Gasteiger partial charge in [-0.1, -0.05) is 25.5 Å². The molecule has 5 aromatic rings. The number of ether oxygens (including phenoxy) is 1. The number of hydrogen-bond acceptors (Lipinski definition) is 7. The van der Waals surface area contributed by atoms with Crippen LogP contribution in [0.25, 0.3) is 33.2 Å². The molecule has 2 aromatic heterocycles. The van der Waals surface area contributed by atoms with Crippen LogP contribution in [-0.2, 0) is 0 Å². The minimum absolute atomic E-state index is 0.380. The van der Waals surface area contributed by atoms with Crippen LogP contribution in [0.5, 0.6) is 5.75 Å². The zero-order valence-corrected chi connectivity index (χ0v) is 21.6. The lowest BCUT2D eigenvalue weighted by Crippen LogP contribution is -2.08. The standard InChI is InChI=1S/C28H27ClN6O3/c1-2-3-12-30-20-6-4-5-18(14-20)26-33-24-9-8-22(38-13-11-29)16-23(24)27(34-26)32-21-7-10-25-19(15-21)17-31-35(25)28(36)37/h4-10,14-17,30H,2-3,11-13H2,1H3,(H,36,37)(H,32,33,34). The van der Waals surface area contributed by atoms with Crippen molar-refractivity contribution in [1.29, 1.82) is 0 Å². The Morgan fingerprint density at radius 3 is 2.79 bits per heavy atom. The van der Waals surface area contributed by atoms with E-state index in [-0.39, 0.29) is 0 Å². The zero-order chi connectivity index (χ0) is 26.5. The molecule has 0 fully saturated rings. The Morgan fingerprint density at radius 2 is 1.97 bits per heavy atom. The van der Waals surface area contributed by atoms with E-state index >= 15 is 0 Å². The molecule has 0 radical (unpaired) electrons. The van der Waals surface area contributed by atoms with E-state index in [9.17, 15) is 9.90 Å². The molecule has 5 rings (SSSR count). The van der Waals surface area contributed by atoms with Gasteiger partial charge in [0, 0.05) is 34.3 Å². The van der Waals surface area contributed by atoms with E-state index in [0.29, 0.717) is 40.8 Å². The van der Waals surface area contributed by atoms with E-state index in [1.165, 1.54) is 6.20 Å². The van der Waals surface area contributed by atoms with Crippen molar-refractivity contribution in [2.75, 3.05) is 29.7 Å². The number of nitrogens with one attached hydrogen (secondary N) is 2. The summed E-state index contributed by atoms with van der Waals surface area (Å²) in [5, 5.41) is 21.6. The number of unbranched alkanes of at least 4 members (excludes halogenated alkanes) is 1. The Kier molecular flexibility index (Phi) is 7.55. The normalized spacial score (nSPS) is 11.1. The minimum Gasteiger partial charge on any atom is -0.492 e. The van der Waals surface area contributed by atoms with Crippen LogP contribution >= 0.6 is 11.6 Å². The first-order valence-electron chi connectivity index (χ1n) is 12.4. The van der Waals surface area contributed by atoms with Crippen molar-refractivity contribution >= 4 is 56.7 Å². The molecular formula is C28H27ClN6O3. The lowest BCUT2D eigenvalue weighted by atomic mass is 10.1. The van der Waals surface area contributed by atoms with Crippen LogP contribution in [0, 0.1) is 0 Å². The third-order valence-electron chi connectivity index (χ3n) is 6.01. The van der Waals surface area contributed by atoms with Gasteiger partial charge in [0.1, 0.15) is 18.2 Å². The second-order valence-corrected chi connectivity index (χ2v) is 9.09. The highest BCUT2D eigenvalue weighted by Gasteiger charge is 2.14. The summed E-state index contributed by atoms with van der Waals surface area (Å²) in [4.78, 5) is 21.2. The van der Waals surface area contributed by atoms with Gasteiger partial charge in [-0.05, 0) is 55.0 Å². The maximum atomic E-state index is 11.4. The molecule has 0 aliphatic carbocycles. The maximum absolute atomic E-state index is 11.4. The highest BCUT2D eigenvalue weighted by Crippen LogP contribution is 2.32. The number of aromatic nitrogens is 4. The Bertz CT molecular complexity index is 1600. The van der Waals surface area contributed by atoms with Gasteiger partial charge in [0.2, 0.25) is 0 Å². The average Bonchev–Trinajstić information content (AvgIpc) is 3.36. The number of alkyl halides is 1. The fraction of sp³-hybridized carbons (Fsp3) is 0.214. The maximum Gasteiger partial charge on any atom is 0.432 e. The van der Waals surface area contributed by atoms with Crippen LogP contribution in [0.3, 0.4) is 0 Å². The van der Waals surface area contributed by atoms with Gasteiger partial charge >= 0.3 is 6.09 Å². The van der Waals surface area contributed by atoms with Gasteiger partial charge in [0.25, 0.3) is 0 Å². The minimum atomic E-state index is -1.14. The Morgan fingerprint density at radius 1 is 1.08 bits per heavy atom. The molecule has 0 saturated carbocycles. The van der Waals surface area contributed by atoms with Crippen molar-refractivity contribution in [2.45, 2.75) is 19.8 Å². The van der Waals surface area contributed by atoms with Gasteiger partial charge in [-0.15, -0.1) is 11.6 Å². The van der Waals surface area contributed by atoms with Gasteiger partial charge in [-0.2, -0.15) is 9.78 Å². The summed E-state index contributed by atoms with van der Waals surface area (Å²) in [7, 11) is 0. The number of carboxylic acid groups (broad SMARTS) is 1. The molecule has 3 N–H and O–H groups in total. The molecule has 0 unspecified atom stereocenters. The van der Waals surface area contributed by atoms with Crippen LogP contribution in [0.4, 0.5) is 22.0 Å². The van der Waals surface area contributed by atoms with E-state index in [0.717, 1.165) is 51.9 Å². The number of hydrogen-bond donors (Lipinski definition) is 3. The fourth-order valence-corrected chi connectivity index (χ4v) is 4.23. The smallest absolute Gasteiger partial charge is 0.432 e. The molecule has 0 bridgehead atoms. The third kappa shape index (κ3) is 5.47. The summed E-state index contributed by atoms with van der Waals surface area (Å²) in [6.45, 7) is 3.45. The number of benzene rings is 3. The monoisotopic (exact) mass is 530 g/mol. The highest BCUT2D eigenvalue weighted by molar-refractivity contribution is 6.18. The summed E-state index contributed by atoms with van der Waals surface area (Å²) in [5.74, 6) is 2.22. The molecule has 0 saturated heterocycles. The second kappa shape index (κ2) is 11.4. The number of nitrogens with zero attached hydrogens (tertiary/aromatic N) is 4. The van der Waals surface area contributed by atoms with Gasteiger partial charge in [0.05, 0.1) is 23.1 Å². The Hall–Kier alpha value is -4.37. The van der Waals surface area contributed by atoms with E-state index in [2.05, 4.69) is 22.7 Å². The van der Waals surface area contributed by atoms with Crippen LogP contribution in [0.15, 0.2) is 66.9 Å². The average molecular weight is 531 g/mol. The zero-order valence-electron chi connectivity index (χ0n) is 20.8. The van der Waals surface area contributed by atoms with Crippen molar-refractivity contribution in [3.63, 3.8) is 0 Å². The quantitative estimate of drug-likeness (QED) is 0.134. The molecule has 194 valence electrons. The number of carbonyl (C=O) groups is 1. The molecule has 0 aliphatic heterocycles. The predicted molar refractivity (Wildman–Crippen MR) is 151 cm³/mol. The molecule has 2 heterocycles. The molecule has 0 spiro atoms. The first-order chi connectivity index (χ1) is 18.6. The number of fused-ring (bicyclic) bond motifs is 2. The second-order valence-electron chi connectivity index (χ2n) is 8.71. The van der Waals surface area contributed by atoms with Crippen molar-refractivity contribution in [3.8, 4) is 17.1 Å². The van der Waals surface area contributed by atoms with Gasteiger partial charge in [-0.3, -0.25) is 0 Å². The lowest BCUT2D eigenvalue weighted by Gasteiger charge is -2.13. The summed E-state index contributed by atoms with van der Waals surface area (Å²) in [5.41, 5.74) is 3.88. The van der Waals surface area contributed by atoms with E-state index in [1.807, 2.05) is 48.5 Å². The molecule has 3 aromatic carbocycles. The summed E-state index contributed by atoms with van der Waals surface area (Å²) >= 11 is 5.81. The lowest BCUT2D eigenvalue weighted by molar-refractivity contribution is 0.194. The van der Waals surface area contributed by atoms with Crippen molar-refractivity contribution < 1.29 is 14.6 Å². The molecule has 0 aliphatic rings. The molecule has 9 nitrogen and oxygen atoms in total. The van der Waals surface area contributed by atoms with Crippen molar-refractivity contribution in [1.82, 2.24) is 19.7 Å². The first kappa shape index (κ1) is 25.3. The van der Waals surface area contributed by atoms with Gasteiger partial charge in [0.15, 0.2) is 5.82 Å². The molecule has 10 heteroatoms. The number of halogens is 1. The predicted octanol–water partition coefficient (Wildman–Crippen LogP) is 6.75. The van der Waals surface area contributed by atoms with Crippen LogP contribution in [0.2, 0.25) is 0 Å². The van der Waals surface area contributed by atoms with Crippen molar-refractivity contribution in [2.24, 2.45) is 0 Å². The molecule has 0 atom stereocenters. The van der Waals surface area contributed by atoms with E-state index in [1.54, 1.807) is 12.1 Å². The van der Waals surface area contributed by atoms with Crippen LogP contribution < -0.4 is 15.4 Å². The summed E-state index contributed by atoms with van der Waals surface area (Å²) in [6, 6.07) is 19.0. The Labute approximate surface area is 224 Å². The van der Waals surface area contributed by atoms with Gasteiger partial charge in [-0.25, -0.2) is 14.8 Å².